The SMILES string of the molecule is CN1C=C(c2cccc(C(=O)N3CCc4cc(C(=O)NC5CC5)sc4-c4ccccc43)n2)C=CC1O. The lowest BCUT2D eigenvalue weighted by Gasteiger charge is -2.24. The number of carbonyl (C=O) groups is 2. The number of anilines is 1. The van der Waals surface area contributed by atoms with E-state index in [-0.39, 0.29) is 11.8 Å². The van der Waals surface area contributed by atoms with E-state index >= 15 is 0 Å². The van der Waals surface area contributed by atoms with Crippen LogP contribution in [0.1, 0.15) is 44.3 Å². The summed E-state index contributed by atoms with van der Waals surface area (Å²) in [7, 11) is 1.79. The fraction of sp³-hybridized carbons (Fsp3) is 0.250. The number of aliphatic hydroxyl groups excluding tert-OH is 1. The summed E-state index contributed by atoms with van der Waals surface area (Å²) < 4.78 is 0. The largest absolute Gasteiger partial charge is 0.370 e. The number of hydrogen-bond donors (Lipinski definition) is 2. The Bertz CT molecular complexity index is 1420. The second kappa shape index (κ2) is 9.04. The number of likely N-dealkylation sites (N-methyl/N-ethyl adjacent to an activating group) is 1. The summed E-state index contributed by atoms with van der Waals surface area (Å²) >= 11 is 1.49. The van der Waals surface area contributed by atoms with Crippen molar-refractivity contribution >= 4 is 34.4 Å². The van der Waals surface area contributed by atoms with Crippen LogP contribution in [0.4, 0.5) is 5.69 Å². The summed E-state index contributed by atoms with van der Waals surface area (Å²) in [6, 6.07) is 15.6. The molecule has 1 unspecified atom stereocenters. The summed E-state index contributed by atoms with van der Waals surface area (Å²) in [5, 5.41) is 13.0. The number of benzene rings is 1. The molecule has 1 saturated carbocycles. The number of nitrogens with one attached hydrogen (secondary N) is 1. The topological polar surface area (TPSA) is 85.8 Å². The number of aromatic nitrogens is 1. The Morgan fingerprint density at radius 2 is 1.97 bits per heavy atom. The van der Waals surface area contributed by atoms with Gasteiger partial charge in [-0.25, -0.2) is 4.98 Å². The van der Waals surface area contributed by atoms with Crippen molar-refractivity contribution in [2.75, 3.05) is 18.5 Å². The fourth-order valence-electron chi connectivity index (χ4n) is 4.57. The number of nitrogens with zero attached hydrogens (tertiary/aromatic N) is 3. The number of hydrogen-bond acceptors (Lipinski definition) is 6. The van der Waals surface area contributed by atoms with Crippen LogP contribution in [0.3, 0.4) is 0 Å². The van der Waals surface area contributed by atoms with Gasteiger partial charge in [0.15, 0.2) is 0 Å². The predicted octanol–water partition coefficient (Wildman–Crippen LogP) is 4.07. The normalized spacial score (nSPS) is 18.7. The van der Waals surface area contributed by atoms with Crippen LogP contribution in [0.25, 0.3) is 16.0 Å². The molecule has 1 aromatic carbocycles. The first-order chi connectivity index (χ1) is 17.5. The minimum absolute atomic E-state index is 0.00812. The summed E-state index contributed by atoms with van der Waals surface area (Å²) in [5.74, 6) is -0.175. The summed E-state index contributed by atoms with van der Waals surface area (Å²) in [6.45, 7) is 0.493. The number of para-hydroxylation sites is 1. The standard InChI is InChI=1S/C28H26N4O3S/c1-31-16-18(9-12-25(31)33)21-6-4-7-22(30-21)28(35)32-14-13-17-15-24(27(34)29-19-10-11-19)36-26(17)20-5-2-3-8-23(20)32/h2-9,12,15-16,19,25,33H,10-11,13-14H2,1H3,(H,29,34). The molecular formula is C28H26N4O3S. The van der Waals surface area contributed by atoms with Gasteiger partial charge in [-0.3, -0.25) is 9.59 Å². The molecule has 2 amide bonds. The van der Waals surface area contributed by atoms with Crippen molar-refractivity contribution < 1.29 is 14.7 Å². The van der Waals surface area contributed by atoms with E-state index in [1.165, 1.54) is 11.3 Å². The zero-order chi connectivity index (χ0) is 24.8. The van der Waals surface area contributed by atoms with Gasteiger partial charge in [0.2, 0.25) is 0 Å². The molecule has 6 rings (SSSR count). The van der Waals surface area contributed by atoms with E-state index in [2.05, 4.69) is 10.3 Å². The quantitative estimate of drug-likeness (QED) is 0.567. The maximum Gasteiger partial charge on any atom is 0.276 e. The molecule has 0 spiro atoms. The molecule has 0 bridgehead atoms. The lowest BCUT2D eigenvalue weighted by molar-refractivity contribution is 0.0952. The molecule has 8 heteroatoms. The molecule has 0 radical (unpaired) electrons. The molecule has 36 heavy (non-hydrogen) atoms. The zero-order valence-corrected chi connectivity index (χ0v) is 20.7. The van der Waals surface area contributed by atoms with E-state index in [9.17, 15) is 14.7 Å². The van der Waals surface area contributed by atoms with E-state index in [0.29, 0.717) is 30.4 Å². The van der Waals surface area contributed by atoms with Gasteiger partial charge in [0.1, 0.15) is 11.9 Å². The molecule has 7 nitrogen and oxygen atoms in total. The van der Waals surface area contributed by atoms with Gasteiger partial charge in [0, 0.05) is 41.8 Å². The number of allylic oxidation sites excluding steroid dienone is 2. The fourth-order valence-corrected chi connectivity index (χ4v) is 5.72. The van der Waals surface area contributed by atoms with Crippen molar-refractivity contribution in [3.8, 4) is 10.4 Å². The molecule has 2 aromatic heterocycles. The molecule has 2 N–H and O–H groups in total. The first kappa shape index (κ1) is 22.7. The van der Waals surface area contributed by atoms with E-state index in [1.807, 2.05) is 54.7 Å². The average Bonchev–Trinajstić information content (AvgIpc) is 3.64. The number of aliphatic hydroxyl groups is 1. The first-order valence-corrected chi connectivity index (χ1v) is 12.9. The lowest BCUT2D eigenvalue weighted by atomic mass is 10.1. The number of thiophene rings is 1. The van der Waals surface area contributed by atoms with Crippen molar-refractivity contribution in [1.82, 2.24) is 15.2 Å². The van der Waals surface area contributed by atoms with Crippen LogP contribution >= 0.6 is 11.3 Å². The van der Waals surface area contributed by atoms with Gasteiger partial charge in [-0.2, -0.15) is 0 Å². The first-order valence-electron chi connectivity index (χ1n) is 12.1. The highest BCUT2D eigenvalue weighted by atomic mass is 32.1. The van der Waals surface area contributed by atoms with E-state index in [0.717, 1.165) is 45.0 Å². The number of rotatable bonds is 4. The smallest absolute Gasteiger partial charge is 0.276 e. The Hall–Kier alpha value is -3.75. The Balaban J connectivity index is 1.32. The maximum atomic E-state index is 13.8. The van der Waals surface area contributed by atoms with E-state index < -0.39 is 6.23 Å². The van der Waals surface area contributed by atoms with Crippen LogP contribution in [0, 0.1) is 0 Å². The third-order valence-electron chi connectivity index (χ3n) is 6.71. The third-order valence-corrected chi connectivity index (χ3v) is 7.92. The summed E-state index contributed by atoms with van der Waals surface area (Å²) in [5.41, 5.74) is 4.73. The monoisotopic (exact) mass is 498 g/mol. The van der Waals surface area contributed by atoms with Gasteiger partial charge >= 0.3 is 0 Å². The van der Waals surface area contributed by atoms with Gasteiger partial charge < -0.3 is 20.2 Å². The van der Waals surface area contributed by atoms with Gasteiger partial charge in [0.05, 0.1) is 16.3 Å². The van der Waals surface area contributed by atoms with Crippen LogP contribution < -0.4 is 10.2 Å². The number of amides is 2. The van der Waals surface area contributed by atoms with Crippen LogP contribution in [0.5, 0.6) is 0 Å². The zero-order valence-electron chi connectivity index (χ0n) is 19.8. The number of pyridine rings is 1. The Morgan fingerprint density at radius 1 is 1.14 bits per heavy atom. The average molecular weight is 499 g/mol. The van der Waals surface area contributed by atoms with Crippen molar-refractivity contribution in [1.29, 1.82) is 0 Å². The van der Waals surface area contributed by atoms with Gasteiger partial charge in [-0.1, -0.05) is 30.3 Å². The lowest BCUT2D eigenvalue weighted by Crippen LogP contribution is -2.33. The van der Waals surface area contributed by atoms with Crippen molar-refractivity contribution in [3.05, 3.63) is 88.7 Å². The van der Waals surface area contributed by atoms with Gasteiger partial charge in [-0.05, 0) is 55.2 Å². The molecule has 1 aliphatic carbocycles. The minimum atomic E-state index is -0.672. The molecule has 4 heterocycles. The minimum Gasteiger partial charge on any atom is -0.370 e. The third kappa shape index (κ3) is 4.23. The number of fused-ring (bicyclic) bond motifs is 3. The van der Waals surface area contributed by atoms with Crippen molar-refractivity contribution in [3.63, 3.8) is 0 Å². The molecule has 182 valence electrons. The molecule has 3 aliphatic rings. The highest BCUT2D eigenvalue weighted by molar-refractivity contribution is 7.17. The maximum absolute atomic E-state index is 13.8. The predicted molar refractivity (Wildman–Crippen MR) is 141 cm³/mol. The Labute approximate surface area is 213 Å². The molecule has 0 saturated heterocycles. The van der Waals surface area contributed by atoms with Gasteiger partial charge in [0.25, 0.3) is 11.8 Å². The van der Waals surface area contributed by atoms with E-state index in [4.69, 9.17) is 0 Å². The summed E-state index contributed by atoms with van der Waals surface area (Å²) in [4.78, 5) is 36.3. The Kier molecular flexibility index (Phi) is 5.70. The molecule has 1 fully saturated rings. The van der Waals surface area contributed by atoms with Crippen LogP contribution in [-0.4, -0.2) is 52.7 Å². The second-order valence-electron chi connectivity index (χ2n) is 9.37. The second-order valence-corrected chi connectivity index (χ2v) is 10.4. The highest BCUT2D eigenvalue weighted by Gasteiger charge is 2.30. The van der Waals surface area contributed by atoms with Gasteiger partial charge in [-0.15, -0.1) is 11.3 Å². The van der Waals surface area contributed by atoms with Crippen LogP contribution in [-0.2, 0) is 6.42 Å². The molecule has 2 aliphatic heterocycles. The number of carbonyl (C=O) groups excluding carboxylic acids is 2. The van der Waals surface area contributed by atoms with Crippen molar-refractivity contribution in [2.45, 2.75) is 31.5 Å². The van der Waals surface area contributed by atoms with Crippen molar-refractivity contribution in [2.24, 2.45) is 0 Å². The molecule has 3 aromatic rings. The highest BCUT2D eigenvalue weighted by Crippen LogP contribution is 2.42. The summed E-state index contributed by atoms with van der Waals surface area (Å²) in [6.07, 6.45) is 7.41. The molecular weight excluding hydrogens is 472 g/mol. The van der Waals surface area contributed by atoms with Crippen LogP contribution in [0.15, 0.2) is 66.9 Å². The van der Waals surface area contributed by atoms with E-state index in [1.54, 1.807) is 29.0 Å². The van der Waals surface area contributed by atoms with Crippen LogP contribution in [0.2, 0.25) is 0 Å². The molecule has 1 atom stereocenters. The Morgan fingerprint density at radius 3 is 2.78 bits per heavy atom.